The van der Waals surface area contributed by atoms with E-state index in [1.54, 1.807) is 0 Å². The third-order valence-corrected chi connectivity index (χ3v) is 12.3. The van der Waals surface area contributed by atoms with Crippen LogP contribution in [0.3, 0.4) is 0 Å². The Morgan fingerprint density at radius 3 is 1.46 bits per heavy atom. The number of benzene rings is 9. The van der Waals surface area contributed by atoms with Gasteiger partial charge in [-0.1, -0.05) is 164 Å². The Labute approximate surface area is 331 Å². The fraction of sp³-hybridized carbons (Fsp3) is 0.0182. The average Bonchev–Trinajstić information content (AvgIpc) is 3.90. The molecule has 1 spiro atoms. The van der Waals surface area contributed by atoms with E-state index in [2.05, 4.69) is 217 Å². The number of nitrogens with zero attached hydrogens (tertiary/aromatic N) is 1. The Balaban J connectivity index is 1.06. The molecule has 0 saturated carbocycles. The molecule has 0 aliphatic heterocycles. The van der Waals surface area contributed by atoms with Gasteiger partial charge in [0.25, 0.3) is 0 Å². The van der Waals surface area contributed by atoms with Crippen LogP contribution >= 0.6 is 0 Å². The van der Waals surface area contributed by atoms with Gasteiger partial charge in [0, 0.05) is 33.8 Å². The van der Waals surface area contributed by atoms with Crippen LogP contribution in [0.2, 0.25) is 0 Å². The first kappa shape index (κ1) is 31.9. The molecule has 2 heteroatoms. The molecule has 2 aliphatic carbocycles. The van der Waals surface area contributed by atoms with Crippen molar-refractivity contribution in [2.24, 2.45) is 0 Å². The zero-order chi connectivity index (χ0) is 37.5. The van der Waals surface area contributed by atoms with Crippen molar-refractivity contribution in [3.05, 3.63) is 235 Å². The molecule has 0 amide bonds. The molecule has 0 bridgehead atoms. The normalized spacial score (nSPS) is 13.1. The fourth-order valence-electron chi connectivity index (χ4n) is 9.88. The molecular weight excluding hydrogens is 691 g/mol. The number of hydrogen-bond acceptors (Lipinski definition) is 2. The smallest absolute Gasteiger partial charge is 0.137 e. The molecule has 266 valence electrons. The number of hydrogen-bond donors (Lipinski definition) is 0. The van der Waals surface area contributed by atoms with Crippen molar-refractivity contribution >= 4 is 39.0 Å². The predicted octanol–water partition coefficient (Wildman–Crippen LogP) is 14.7. The number of fused-ring (bicyclic) bond motifs is 13. The summed E-state index contributed by atoms with van der Waals surface area (Å²) >= 11 is 0. The summed E-state index contributed by atoms with van der Waals surface area (Å²) in [5, 5.41) is 2.24. The average molecular weight is 726 g/mol. The fourth-order valence-corrected chi connectivity index (χ4v) is 9.88. The van der Waals surface area contributed by atoms with Crippen LogP contribution in [-0.4, -0.2) is 0 Å². The summed E-state index contributed by atoms with van der Waals surface area (Å²) in [5.41, 5.74) is 19.7. The van der Waals surface area contributed by atoms with E-state index in [0.29, 0.717) is 0 Å². The van der Waals surface area contributed by atoms with Crippen LogP contribution in [0, 0.1) is 0 Å². The van der Waals surface area contributed by atoms with Crippen LogP contribution in [0.5, 0.6) is 0 Å². The highest BCUT2D eigenvalue weighted by Crippen LogP contribution is 2.63. The number of furan rings is 1. The first-order valence-electron chi connectivity index (χ1n) is 19.7. The first-order valence-corrected chi connectivity index (χ1v) is 19.7. The molecule has 12 rings (SSSR count). The van der Waals surface area contributed by atoms with Crippen LogP contribution in [-0.2, 0) is 5.41 Å². The third-order valence-electron chi connectivity index (χ3n) is 12.3. The van der Waals surface area contributed by atoms with Crippen LogP contribution in [0.25, 0.3) is 66.4 Å². The van der Waals surface area contributed by atoms with Crippen LogP contribution in [0.4, 0.5) is 17.1 Å². The molecule has 10 aromatic rings. The molecule has 0 N–H and O–H groups in total. The Kier molecular flexibility index (Phi) is 6.88. The van der Waals surface area contributed by atoms with Gasteiger partial charge < -0.3 is 9.32 Å². The Bertz CT molecular complexity index is 3130. The summed E-state index contributed by atoms with van der Waals surface area (Å²) in [6.07, 6.45) is 0. The van der Waals surface area contributed by atoms with E-state index in [4.69, 9.17) is 4.42 Å². The molecule has 0 fully saturated rings. The summed E-state index contributed by atoms with van der Waals surface area (Å²) < 4.78 is 6.98. The van der Waals surface area contributed by atoms with Gasteiger partial charge in [-0.05, 0) is 104 Å². The lowest BCUT2D eigenvalue weighted by Crippen LogP contribution is -2.25. The molecule has 2 aliphatic rings. The summed E-state index contributed by atoms with van der Waals surface area (Å²) in [5.74, 6) is 0. The summed E-state index contributed by atoms with van der Waals surface area (Å²) in [6.45, 7) is 0. The van der Waals surface area contributed by atoms with Gasteiger partial charge in [-0.25, -0.2) is 0 Å². The SMILES string of the molecule is c1ccc(-c2ccc(N(c3ccc4c(c3)oc3cc5c(cc34)-c3ccccc3C53c4ccccc4-c4ccccc43)c3ccccc3-c3ccccc3)cc2)cc1. The maximum atomic E-state index is 6.98. The van der Waals surface area contributed by atoms with E-state index in [-0.39, 0.29) is 0 Å². The van der Waals surface area contributed by atoms with Gasteiger partial charge in [-0.2, -0.15) is 0 Å². The summed E-state index contributed by atoms with van der Waals surface area (Å²) in [6, 6.07) is 77.1. The lowest BCUT2D eigenvalue weighted by molar-refractivity contribution is 0.666. The molecule has 1 heterocycles. The van der Waals surface area contributed by atoms with Crippen LogP contribution < -0.4 is 4.90 Å². The van der Waals surface area contributed by atoms with Gasteiger partial charge in [0.2, 0.25) is 0 Å². The van der Waals surface area contributed by atoms with Crippen molar-refractivity contribution in [3.8, 4) is 44.5 Å². The zero-order valence-electron chi connectivity index (χ0n) is 31.1. The van der Waals surface area contributed by atoms with Gasteiger partial charge in [0.15, 0.2) is 0 Å². The minimum Gasteiger partial charge on any atom is -0.456 e. The van der Waals surface area contributed by atoms with Crippen LogP contribution in [0.15, 0.2) is 217 Å². The second-order valence-corrected chi connectivity index (χ2v) is 15.2. The second kappa shape index (κ2) is 12.3. The summed E-state index contributed by atoms with van der Waals surface area (Å²) in [7, 11) is 0. The molecule has 2 nitrogen and oxygen atoms in total. The highest BCUT2D eigenvalue weighted by molar-refractivity contribution is 6.10. The quantitative estimate of drug-likeness (QED) is 0.176. The van der Waals surface area contributed by atoms with Crippen molar-refractivity contribution in [2.45, 2.75) is 5.41 Å². The number of anilines is 3. The van der Waals surface area contributed by atoms with E-state index in [1.165, 1.54) is 61.2 Å². The molecule has 0 atom stereocenters. The van der Waals surface area contributed by atoms with Gasteiger partial charge in [-0.15, -0.1) is 0 Å². The van der Waals surface area contributed by atoms with E-state index < -0.39 is 5.41 Å². The molecule has 9 aromatic carbocycles. The van der Waals surface area contributed by atoms with Crippen molar-refractivity contribution in [3.63, 3.8) is 0 Å². The lowest BCUT2D eigenvalue weighted by atomic mass is 9.70. The standard InChI is InChI=1S/C55H35NO/c1-3-15-36(16-4-1)37-27-29-39(30-28-37)56(52-26-14-10-19-41(52)38-17-5-2-6-18-38)40-31-32-45-47-34-46-44-22-9-13-25-50(44)55(51(46)35-54(47)57-53(45)33-40)48-23-11-7-20-42(48)43-21-8-12-24-49(43)55/h1-35H. The molecular formula is C55H35NO. The van der Waals surface area contributed by atoms with E-state index in [1.807, 2.05) is 0 Å². The predicted molar refractivity (Wildman–Crippen MR) is 236 cm³/mol. The van der Waals surface area contributed by atoms with Gasteiger partial charge >= 0.3 is 0 Å². The molecule has 0 radical (unpaired) electrons. The minimum atomic E-state index is -0.415. The Morgan fingerprint density at radius 1 is 0.316 bits per heavy atom. The number of para-hydroxylation sites is 1. The van der Waals surface area contributed by atoms with Gasteiger partial charge in [0.1, 0.15) is 11.2 Å². The van der Waals surface area contributed by atoms with Crippen molar-refractivity contribution in [1.29, 1.82) is 0 Å². The summed E-state index contributed by atoms with van der Waals surface area (Å²) in [4.78, 5) is 2.36. The molecule has 1 aromatic heterocycles. The van der Waals surface area contributed by atoms with Crippen molar-refractivity contribution in [1.82, 2.24) is 0 Å². The van der Waals surface area contributed by atoms with Crippen LogP contribution in [0.1, 0.15) is 22.3 Å². The maximum absolute atomic E-state index is 6.98. The van der Waals surface area contributed by atoms with Crippen molar-refractivity contribution in [2.75, 3.05) is 4.90 Å². The Morgan fingerprint density at radius 2 is 0.807 bits per heavy atom. The minimum absolute atomic E-state index is 0.415. The number of rotatable bonds is 5. The molecule has 0 saturated heterocycles. The molecule has 57 heavy (non-hydrogen) atoms. The van der Waals surface area contributed by atoms with Gasteiger partial charge in [-0.3, -0.25) is 0 Å². The lowest BCUT2D eigenvalue weighted by Gasteiger charge is -2.30. The highest BCUT2D eigenvalue weighted by Gasteiger charge is 2.51. The topological polar surface area (TPSA) is 16.4 Å². The third kappa shape index (κ3) is 4.59. The largest absolute Gasteiger partial charge is 0.456 e. The van der Waals surface area contributed by atoms with Gasteiger partial charge in [0.05, 0.1) is 11.1 Å². The van der Waals surface area contributed by atoms with Crippen molar-refractivity contribution < 1.29 is 4.42 Å². The van der Waals surface area contributed by atoms with E-state index in [0.717, 1.165) is 44.6 Å². The second-order valence-electron chi connectivity index (χ2n) is 15.2. The monoisotopic (exact) mass is 725 g/mol. The first-order chi connectivity index (χ1) is 28.3. The zero-order valence-corrected chi connectivity index (χ0v) is 31.1. The van der Waals surface area contributed by atoms with E-state index in [9.17, 15) is 0 Å². The Hall–Kier alpha value is -7.42. The molecule has 0 unspecified atom stereocenters. The van der Waals surface area contributed by atoms with E-state index >= 15 is 0 Å². The maximum Gasteiger partial charge on any atom is 0.137 e. The highest BCUT2D eigenvalue weighted by atomic mass is 16.3.